The van der Waals surface area contributed by atoms with Crippen molar-refractivity contribution in [3.8, 4) is 11.5 Å². The van der Waals surface area contributed by atoms with Crippen LogP contribution < -0.4 is 20.5 Å². The number of carbonyl (C=O) groups excluding carboxylic acids is 2. The molecule has 0 atom stereocenters. The van der Waals surface area contributed by atoms with Crippen LogP contribution >= 0.6 is 0 Å². The number of para-hydroxylation sites is 1. The van der Waals surface area contributed by atoms with Crippen molar-refractivity contribution in [3.05, 3.63) is 53.6 Å². The Morgan fingerprint density at radius 2 is 1.83 bits per heavy atom. The van der Waals surface area contributed by atoms with Crippen molar-refractivity contribution in [1.82, 2.24) is 0 Å². The minimum Gasteiger partial charge on any atom is -0.497 e. The Bertz CT molecular complexity index is 728. The van der Waals surface area contributed by atoms with Crippen LogP contribution in [0.15, 0.2) is 42.5 Å². The van der Waals surface area contributed by atoms with Crippen LogP contribution in [0.4, 0.5) is 5.69 Å². The topological polar surface area (TPSA) is 90.7 Å². The molecule has 23 heavy (non-hydrogen) atoms. The molecule has 0 radical (unpaired) electrons. The predicted molar refractivity (Wildman–Crippen MR) is 86.8 cm³/mol. The van der Waals surface area contributed by atoms with Gasteiger partial charge in [0.1, 0.15) is 11.5 Å². The lowest BCUT2D eigenvalue weighted by molar-refractivity contribution is -0.115. The molecule has 0 spiro atoms. The van der Waals surface area contributed by atoms with E-state index < -0.39 is 5.91 Å². The highest BCUT2D eigenvalue weighted by atomic mass is 16.5. The van der Waals surface area contributed by atoms with E-state index in [9.17, 15) is 9.59 Å². The van der Waals surface area contributed by atoms with Gasteiger partial charge in [0.2, 0.25) is 5.91 Å². The molecule has 3 N–H and O–H groups in total. The maximum absolute atomic E-state index is 12.3. The second-order valence-electron chi connectivity index (χ2n) is 4.81. The molecule has 0 aromatic heterocycles. The number of hydrogen-bond acceptors (Lipinski definition) is 4. The Kier molecular flexibility index (Phi) is 5.19. The highest BCUT2D eigenvalue weighted by Gasteiger charge is 2.13. The number of methoxy groups -OCH3 is 2. The molecule has 2 rings (SSSR count). The number of hydrogen-bond donors (Lipinski definition) is 2. The van der Waals surface area contributed by atoms with Crippen molar-refractivity contribution >= 4 is 17.5 Å². The molecule has 0 heterocycles. The average molecular weight is 314 g/mol. The first-order valence-corrected chi connectivity index (χ1v) is 6.94. The number of nitrogens with two attached hydrogens (primary N) is 1. The van der Waals surface area contributed by atoms with Crippen molar-refractivity contribution in [3.63, 3.8) is 0 Å². The standard InChI is InChI=1S/C17H18N2O4/c1-22-12-7-8-15(23-2)11(9-12)10-16(20)19-14-6-4-3-5-13(14)17(18)21/h3-9H,10H2,1-2H3,(H2,18,21)(H,19,20). The Balaban J connectivity index is 2.19. The van der Waals surface area contributed by atoms with Gasteiger partial charge < -0.3 is 20.5 Å². The monoisotopic (exact) mass is 314 g/mol. The third-order valence-electron chi connectivity index (χ3n) is 3.31. The number of primary amides is 1. The summed E-state index contributed by atoms with van der Waals surface area (Å²) in [5.41, 5.74) is 6.62. The summed E-state index contributed by atoms with van der Waals surface area (Å²) in [6, 6.07) is 11.8. The first-order valence-electron chi connectivity index (χ1n) is 6.94. The number of nitrogens with one attached hydrogen (secondary N) is 1. The number of carbonyl (C=O) groups is 2. The number of ether oxygens (including phenoxy) is 2. The first-order chi connectivity index (χ1) is 11.0. The fourth-order valence-corrected chi connectivity index (χ4v) is 2.19. The molecule has 2 amide bonds. The third-order valence-corrected chi connectivity index (χ3v) is 3.31. The van der Waals surface area contributed by atoms with E-state index in [0.29, 0.717) is 22.7 Å². The van der Waals surface area contributed by atoms with Crippen molar-refractivity contribution in [2.75, 3.05) is 19.5 Å². The summed E-state index contributed by atoms with van der Waals surface area (Å²) in [4.78, 5) is 23.6. The van der Waals surface area contributed by atoms with Gasteiger partial charge in [-0.2, -0.15) is 0 Å². The van der Waals surface area contributed by atoms with Gasteiger partial charge in [-0.15, -0.1) is 0 Å². The van der Waals surface area contributed by atoms with Gasteiger partial charge in [0.15, 0.2) is 0 Å². The maximum atomic E-state index is 12.3. The summed E-state index contributed by atoms with van der Waals surface area (Å²) < 4.78 is 10.4. The van der Waals surface area contributed by atoms with E-state index in [0.717, 1.165) is 0 Å². The van der Waals surface area contributed by atoms with Gasteiger partial charge in [-0.05, 0) is 30.3 Å². The summed E-state index contributed by atoms with van der Waals surface area (Å²) >= 11 is 0. The second kappa shape index (κ2) is 7.31. The summed E-state index contributed by atoms with van der Waals surface area (Å²) in [5.74, 6) is 0.334. The van der Waals surface area contributed by atoms with Crippen LogP contribution in [0.1, 0.15) is 15.9 Å². The van der Waals surface area contributed by atoms with E-state index >= 15 is 0 Å². The normalized spacial score (nSPS) is 10.0. The minimum atomic E-state index is -0.597. The molecule has 0 fully saturated rings. The smallest absolute Gasteiger partial charge is 0.250 e. The molecule has 0 unspecified atom stereocenters. The van der Waals surface area contributed by atoms with Gasteiger partial charge in [-0.3, -0.25) is 9.59 Å². The number of benzene rings is 2. The van der Waals surface area contributed by atoms with E-state index in [-0.39, 0.29) is 17.9 Å². The van der Waals surface area contributed by atoms with Gasteiger partial charge in [0, 0.05) is 5.56 Å². The fourth-order valence-electron chi connectivity index (χ4n) is 2.19. The molecule has 6 heteroatoms. The second-order valence-corrected chi connectivity index (χ2v) is 4.81. The molecule has 2 aromatic carbocycles. The molecule has 0 saturated heterocycles. The molecular formula is C17H18N2O4. The molecule has 2 aromatic rings. The summed E-state index contributed by atoms with van der Waals surface area (Å²) in [6.07, 6.45) is 0.0769. The minimum absolute atomic E-state index is 0.0769. The zero-order chi connectivity index (χ0) is 16.8. The van der Waals surface area contributed by atoms with Gasteiger partial charge in [-0.25, -0.2) is 0 Å². The Morgan fingerprint density at radius 3 is 2.48 bits per heavy atom. The highest BCUT2D eigenvalue weighted by Crippen LogP contribution is 2.25. The van der Waals surface area contributed by atoms with Gasteiger partial charge in [-0.1, -0.05) is 12.1 Å². The molecule has 120 valence electrons. The number of rotatable bonds is 6. The van der Waals surface area contributed by atoms with Crippen LogP contribution in [0.3, 0.4) is 0 Å². The molecule has 0 bridgehead atoms. The van der Waals surface area contributed by atoms with E-state index in [2.05, 4.69) is 5.32 Å². The lowest BCUT2D eigenvalue weighted by atomic mass is 10.1. The average Bonchev–Trinajstić information content (AvgIpc) is 2.55. The lowest BCUT2D eigenvalue weighted by Gasteiger charge is -2.12. The van der Waals surface area contributed by atoms with Gasteiger partial charge in [0.25, 0.3) is 5.91 Å². The van der Waals surface area contributed by atoms with E-state index in [1.807, 2.05) is 0 Å². The zero-order valence-corrected chi connectivity index (χ0v) is 13.0. The van der Waals surface area contributed by atoms with E-state index in [4.69, 9.17) is 15.2 Å². The number of anilines is 1. The Labute approximate surface area is 134 Å². The molecule has 0 aliphatic rings. The first kappa shape index (κ1) is 16.4. The van der Waals surface area contributed by atoms with Crippen molar-refractivity contribution in [1.29, 1.82) is 0 Å². The van der Waals surface area contributed by atoms with Crippen LogP contribution in [0.5, 0.6) is 11.5 Å². The van der Waals surface area contributed by atoms with Crippen LogP contribution in [0.2, 0.25) is 0 Å². The lowest BCUT2D eigenvalue weighted by Crippen LogP contribution is -2.19. The van der Waals surface area contributed by atoms with Crippen LogP contribution in [-0.2, 0) is 11.2 Å². The predicted octanol–water partition coefficient (Wildman–Crippen LogP) is 1.98. The highest BCUT2D eigenvalue weighted by molar-refractivity contribution is 6.03. The van der Waals surface area contributed by atoms with Crippen molar-refractivity contribution < 1.29 is 19.1 Å². The van der Waals surface area contributed by atoms with Crippen LogP contribution in [-0.4, -0.2) is 26.0 Å². The Hall–Kier alpha value is -3.02. The van der Waals surface area contributed by atoms with Crippen molar-refractivity contribution in [2.24, 2.45) is 5.73 Å². The summed E-state index contributed by atoms with van der Waals surface area (Å²) in [7, 11) is 3.08. The Morgan fingerprint density at radius 1 is 1.09 bits per heavy atom. The SMILES string of the molecule is COc1ccc(OC)c(CC(=O)Nc2ccccc2C(N)=O)c1. The fraction of sp³-hybridized carbons (Fsp3) is 0.176. The van der Waals surface area contributed by atoms with Gasteiger partial charge >= 0.3 is 0 Å². The van der Waals surface area contributed by atoms with Crippen LogP contribution in [0, 0.1) is 0 Å². The maximum Gasteiger partial charge on any atom is 0.250 e. The summed E-state index contributed by atoms with van der Waals surface area (Å²) in [5, 5.41) is 2.69. The van der Waals surface area contributed by atoms with E-state index in [1.54, 1.807) is 49.6 Å². The molecule has 0 aliphatic carbocycles. The van der Waals surface area contributed by atoms with Crippen LogP contribution in [0.25, 0.3) is 0 Å². The molecule has 6 nitrogen and oxygen atoms in total. The number of amides is 2. The van der Waals surface area contributed by atoms with Gasteiger partial charge in [0.05, 0.1) is 31.9 Å². The van der Waals surface area contributed by atoms with Crippen molar-refractivity contribution in [2.45, 2.75) is 6.42 Å². The third kappa shape index (κ3) is 4.00. The molecule has 0 aliphatic heterocycles. The zero-order valence-electron chi connectivity index (χ0n) is 13.0. The summed E-state index contributed by atoms with van der Waals surface area (Å²) in [6.45, 7) is 0. The quantitative estimate of drug-likeness (QED) is 0.853. The largest absolute Gasteiger partial charge is 0.497 e. The molecule has 0 saturated carbocycles. The van der Waals surface area contributed by atoms with E-state index in [1.165, 1.54) is 7.11 Å². The molecular weight excluding hydrogens is 296 g/mol.